The van der Waals surface area contributed by atoms with E-state index in [0.29, 0.717) is 6.54 Å². The molecule has 21 heavy (non-hydrogen) atoms. The number of rotatable bonds is 6. The highest BCUT2D eigenvalue weighted by molar-refractivity contribution is 9.10. The van der Waals surface area contributed by atoms with Crippen LogP contribution in [0.15, 0.2) is 28.7 Å². The second kappa shape index (κ2) is 8.51. The molecule has 0 atom stereocenters. The molecular formula is C16H24BrN3O. The third-order valence-electron chi connectivity index (χ3n) is 3.99. The maximum absolute atomic E-state index is 12.1. The van der Waals surface area contributed by atoms with Gasteiger partial charge < -0.3 is 10.6 Å². The summed E-state index contributed by atoms with van der Waals surface area (Å²) in [6.07, 6.45) is 3.65. The SMILES string of the molecule is CNCCC1CCN(CC(=O)Nc2cccc(Br)c2)CC1. The zero-order chi connectivity index (χ0) is 15.1. The summed E-state index contributed by atoms with van der Waals surface area (Å²) in [4.78, 5) is 14.3. The average Bonchev–Trinajstić information content (AvgIpc) is 2.46. The summed E-state index contributed by atoms with van der Waals surface area (Å²) in [7, 11) is 2.00. The van der Waals surface area contributed by atoms with E-state index in [1.165, 1.54) is 19.3 Å². The number of carbonyl (C=O) groups excluding carboxylic acids is 1. The van der Waals surface area contributed by atoms with Gasteiger partial charge in [0, 0.05) is 10.2 Å². The number of nitrogens with one attached hydrogen (secondary N) is 2. The Morgan fingerprint density at radius 3 is 2.81 bits per heavy atom. The van der Waals surface area contributed by atoms with Gasteiger partial charge in [-0.2, -0.15) is 0 Å². The molecule has 1 fully saturated rings. The molecule has 0 unspecified atom stereocenters. The molecule has 0 spiro atoms. The van der Waals surface area contributed by atoms with Crippen LogP contribution in [0.3, 0.4) is 0 Å². The second-order valence-electron chi connectivity index (χ2n) is 5.67. The molecule has 1 aliphatic heterocycles. The van der Waals surface area contributed by atoms with Crippen LogP contribution < -0.4 is 10.6 Å². The number of hydrogen-bond acceptors (Lipinski definition) is 3. The van der Waals surface area contributed by atoms with Gasteiger partial charge in [-0.15, -0.1) is 0 Å². The number of benzene rings is 1. The van der Waals surface area contributed by atoms with E-state index in [-0.39, 0.29) is 5.91 Å². The van der Waals surface area contributed by atoms with Crippen molar-refractivity contribution >= 4 is 27.5 Å². The summed E-state index contributed by atoms with van der Waals surface area (Å²) in [5, 5.41) is 6.16. The fraction of sp³-hybridized carbons (Fsp3) is 0.562. The molecule has 1 aliphatic rings. The van der Waals surface area contributed by atoms with Gasteiger partial charge in [0.15, 0.2) is 0 Å². The van der Waals surface area contributed by atoms with Crippen LogP contribution in [0.1, 0.15) is 19.3 Å². The summed E-state index contributed by atoms with van der Waals surface area (Å²) in [5.74, 6) is 0.878. The van der Waals surface area contributed by atoms with Crippen LogP contribution in [0, 0.1) is 5.92 Å². The van der Waals surface area contributed by atoms with Crippen LogP contribution in [0.2, 0.25) is 0 Å². The first-order chi connectivity index (χ1) is 10.2. The van der Waals surface area contributed by atoms with Crippen LogP contribution in [0.25, 0.3) is 0 Å². The zero-order valence-corrected chi connectivity index (χ0v) is 14.2. The summed E-state index contributed by atoms with van der Waals surface area (Å²) in [5.41, 5.74) is 0.846. The van der Waals surface area contributed by atoms with Crippen molar-refractivity contribution in [2.75, 3.05) is 38.5 Å². The lowest BCUT2D eigenvalue weighted by Crippen LogP contribution is -2.39. The van der Waals surface area contributed by atoms with E-state index in [4.69, 9.17) is 0 Å². The third kappa shape index (κ3) is 5.77. The highest BCUT2D eigenvalue weighted by Gasteiger charge is 2.20. The van der Waals surface area contributed by atoms with Crippen LogP contribution >= 0.6 is 15.9 Å². The van der Waals surface area contributed by atoms with Gasteiger partial charge in [0.1, 0.15) is 0 Å². The topological polar surface area (TPSA) is 44.4 Å². The van der Waals surface area contributed by atoms with Crippen LogP contribution in [-0.4, -0.2) is 44.0 Å². The molecule has 116 valence electrons. The summed E-state index contributed by atoms with van der Waals surface area (Å²) < 4.78 is 0.977. The van der Waals surface area contributed by atoms with Gasteiger partial charge in [0.25, 0.3) is 0 Å². The van der Waals surface area contributed by atoms with Crippen molar-refractivity contribution in [1.82, 2.24) is 10.2 Å². The summed E-state index contributed by atoms with van der Waals surface area (Å²) >= 11 is 3.41. The van der Waals surface area contributed by atoms with Crippen LogP contribution in [-0.2, 0) is 4.79 Å². The minimum absolute atomic E-state index is 0.0711. The molecule has 1 saturated heterocycles. The number of amides is 1. The quantitative estimate of drug-likeness (QED) is 0.826. The zero-order valence-electron chi connectivity index (χ0n) is 12.6. The van der Waals surface area contributed by atoms with E-state index in [1.54, 1.807) is 0 Å². The molecule has 1 aromatic rings. The van der Waals surface area contributed by atoms with Crippen molar-refractivity contribution in [1.29, 1.82) is 0 Å². The number of anilines is 1. The monoisotopic (exact) mass is 353 g/mol. The first-order valence-electron chi connectivity index (χ1n) is 7.60. The molecule has 0 aliphatic carbocycles. The van der Waals surface area contributed by atoms with Gasteiger partial charge in [0.2, 0.25) is 5.91 Å². The Morgan fingerprint density at radius 2 is 2.14 bits per heavy atom. The molecule has 2 rings (SSSR count). The third-order valence-corrected chi connectivity index (χ3v) is 4.48. The minimum atomic E-state index is 0.0711. The Labute approximate surface area is 135 Å². The van der Waals surface area contributed by atoms with Gasteiger partial charge in [-0.05, 0) is 70.1 Å². The molecule has 5 heteroatoms. The molecule has 0 aromatic heterocycles. The van der Waals surface area contributed by atoms with Gasteiger partial charge in [-0.3, -0.25) is 9.69 Å². The summed E-state index contributed by atoms with van der Waals surface area (Å²) in [6.45, 7) is 3.64. The highest BCUT2D eigenvalue weighted by atomic mass is 79.9. The number of nitrogens with zero attached hydrogens (tertiary/aromatic N) is 1. The van der Waals surface area contributed by atoms with Crippen molar-refractivity contribution in [2.45, 2.75) is 19.3 Å². The maximum atomic E-state index is 12.1. The Morgan fingerprint density at radius 1 is 1.38 bits per heavy atom. The number of carbonyl (C=O) groups is 1. The number of halogens is 1. The fourth-order valence-corrected chi connectivity index (χ4v) is 3.15. The highest BCUT2D eigenvalue weighted by Crippen LogP contribution is 2.20. The molecule has 2 N–H and O–H groups in total. The van der Waals surface area contributed by atoms with Crippen molar-refractivity contribution in [3.05, 3.63) is 28.7 Å². The van der Waals surface area contributed by atoms with Crippen molar-refractivity contribution < 1.29 is 4.79 Å². The second-order valence-corrected chi connectivity index (χ2v) is 6.59. The maximum Gasteiger partial charge on any atom is 0.238 e. The smallest absolute Gasteiger partial charge is 0.238 e. The Kier molecular flexibility index (Phi) is 6.67. The molecule has 1 heterocycles. The minimum Gasteiger partial charge on any atom is -0.325 e. The van der Waals surface area contributed by atoms with E-state index in [0.717, 1.165) is 35.7 Å². The van der Waals surface area contributed by atoms with Gasteiger partial charge in [0.05, 0.1) is 6.54 Å². The van der Waals surface area contributed by atoms with Crippen molar-refractivity contribution in [3.63, 3.8) is 0 Å². The Bertz CT molecular complexity index is 459. The first-order valence-corrected chi connectivity index (χ1v) is 8.39. The molecule has 1 amide bonds. The van der Waals surface area contributed by atoms with E-state index in [2.05, 4.69) is 31.5 Å². The predicted molar refractivity (Wildman–Crippen MR) is 90.5 cm³/mol. The molecule has 0 radical (unpaired) electrons. The van der Waals surface area contributed by atoms with Gasteiger partial charge in [-0.25, -0.2) is 0 Å². The van der Waals surface area contributed by atoms with Crippen molar-refractivity contribution in [2.24, 2.45) is 5.92 Å². The normalized spacial score (nSPS) is 16.9. The number of likely N-dealkylation sites (tertiary alicyclic amines) is 1. The Balaban J connectivity index is 1.72. The largest absolute Gasteiger partial charge is 0.325 e. The molecule has 4 nitrogen and oxygen atoms in total. The lowest BCUT2D eigenvalue weighted by molar-refractivity contribution is -0.117. The molecule has 0 saturated carbocycles. The van der Waals surface area contributed by atoms with Gasteiger partial charge in [-0.1, -0.05) is 22.0 Å². The summed E-state index contributed by atoms with van der Waals surface area (Å²) in [6, 6.07) is 7.70. The van der Waals surface area contributed by atoms with Gasteiger partial charge >= 0.3 is 0 Å². The standard InChI is InChI=1S/C16H24BrN3O/c1-18-8-5-13-6-9-20(10-7-13)12-16(21)19-15-4-2-3-14(17)11-15/h2-4,11,13,18H,5-10,12H2,1H3,(H,19,21). The molecular weight excluding hydrogens is 330 g/mol. The van der Waals surface area contributed by atoms with E-state index >= 15 is 0 Å². The van der Waals surface area contributed by atoms with Crippen LogP contribution in [0.5, 0.6) is 0 Å². The lowest BCUT2D eigenvalue weighted by Gasteiger charge is -2.31. The molecule has 0 bridgehead atoms. The fourth-order valence-electron chi connectivity index (χ4n) is 2.75. The number of piperidine rings is 1. The molecule has 1 aromatic carbocycles. The average molecular weight is 354 g/mol. The van der Waals surface area contributed by atoms with E-state index in [1.807, 2.05) is 31.3 Å². The van der Waals surface area contributed by atoms with E-state index < -0.39 is 0 Å². The Hall–Kier alpha value is -0.910. The first kappa shape index (κ1) is 16.5. The van der Waals surface area contributed by atoms with Crippen LogP contribution in [0.4, 0.5) is 5.69 Å². The predicted octanol–water partition coefficient (Wildman–Crippen LogP) is 2.71. The van der Waals surface area contributed by atoms with Crippen molar-refractivity contribution in [3.8, 4) is 0 Å². The number of hydrogen-bond donors (Lipinski definition) is 2. The van der Waals surface area contributed by atoms with E-state index in [9.17, 15) is 4.79 Å². The lowest BCUT2D eigenvalue weighted by atomic mass is 9.93.